The first-order valence-electron chi connectivity index (χ1n) is 13.6. The molecule has 216 valence electrons. The molecule has 2 aliphatic rings. The maximum absolute atomic E-state index is 14.6. The van der Waals surface area contributed by atoms with Crippen molar-refractivity contribution in [2.45, 2.75) is 77.4 Å². The molecule has 0 radical (unpaired) electrons. The van der Waals surface area contributed by atoms with Gasteiger partial charge in [0.25, 0.3) is 5.91 Å². The summed E-state index contributed by atoms with van der Waals surface area (Å²) in [4.78, 5) is 38.3. The molecule has 1 saturated heterocycles. The van der Waals surface area contributed by atoms with Gasteiger partial charge in [0.2, 0.25) is 5.03 Å². The third-order valence-electron chi connectivity index (χ3n) is 7.79. The summed E-state index contributed by atoms with van der Waals surface area (Å²) in [5.41, 5.74) is 11.6. The van der Waals surface area contributed by atoms with E-state index in [1.807, 2.05) is 26.8 Å². The van der Waals surface area contributed by atoms with Crippen LogP contribution in [0.25, 0.3) is 0 Å². The standard InChI is InChI=1S/C29H40N6O4S/c1-19-16-29(5,6)34(18-19)27-25(26(31)37)20(13-14-32-27)21-10-7-8-15-35(21,24(36)17-28(2,3)4)40(38,39)23-12-9-11-22(30)33-23/h7,9-14,19,21H,8,15-18H2,1-6H3,(H3-,30,31,33,37)/p+1/t19-,21?,35?/m0/s1. The van der Waals surface area contributed by atoms with Crippen LogP contribution in [0.5, 0.6) is 0 Å². The number of aromatic nitrogens is 2. The van der Waals surface area contributed by atoms with Crippen molar-refractivity contribution in [3.05, 3.63) is 53.7 Å². The summed E-state index contributed by atoms with van der Waals surface area (Å²) in [7, 11) is -4.46. The smallest absolute Gasteiger partial charge is 0.352 e. The molecule has 4 heterocycles. The first kappa shape index (κ1) is 29.7. The molecule has 0 aromatic carbocycles. The summed E-state index contributed by atoms with van der Waals surface area (Å²) < 4.78 is 28.2. The molecule has 2 amide bonds. The summed E-state index contributed by atoms with van der Waals surface area (Å²) in [6, 6.07) is 4.91. The predicted molar refractivity (Wildman–Crippen MR) is 155 cm³/mol. The zero-order valence-corrected chi connectivity index (χ0v) is 25.0. The number of amides is 2. The fourth-order valence-corrected chi connectivity index (χ4v) is 8.20. The lowest BCUT2D eigenvalue weighted by Gasteiger charge is -2.43. The van der Waals surface area contributed by atoms with E-state index in [0.29, 0.717) is 30.3 Å². The Morgan fingerprint density at radius 3 is 2.48 bits per heavy atom. The molecule has 0 aliphatic carbocycles. The van der Waals surface area contributed by atoms with E-state index in [2.05, 4.69) is 35.6 Å². The number of primary amides is 1. The molecule has 1 fully saturated rings. The largest absolute Gasteiger partial charge is 0.384 e. The Morgan fingerprint density at radius 1 is 1.20 bits per heavy atom. The minimum atomic E-state index is -4.46. The Morgan fingerprint density at radius 2 is 1.90 bits per heavy atom. The molecule has 4 rings (SSSR count). The van der Waals surface area contributed by atoms with Gasteiger partial charge in [-0.25, -0.2) is 14.8 Å². The van der Waals surface area contributed by atoms with Crippen LogP contribution in [0.2, 0.25) is 0 Å². The van der Waals surface area contributed by atoms with Crippen molar-refractivity contribution in [1.82, 2.24) is 9.97 Å². The highest BCUT2D eigenvalue weighted by Gasteiger charge is 2.58. The molecule has 10 nitrogen and oxygen atoms in total. The van der Waals surface area contributed by atoms with Crippen LogP contribution in [0.3, 0.4) is 0 Å². The van der Waals surface area contributed by atoms with E-state index in [-0.39, 0.29) is 34.9 Å². The SMILES string of the molecule is C[C@@H]1CN(c2nccc(C3C=CCC[N+]3(C(=O)CC(C)(C)C)S(=O)(=O)c3cccc(N)n3)c2C(N)=O)C(C)(C)C1. The van der Waals surface area contributed by atoms with Crippen LogP contribution in [0.4, 0.5) is 11.6 Å². The highest BCUT2D eigenvalue weighted by Crippen LogP contribution is 2.46. The summed E-state index contributed by atoms with van der Waals surface area (Å²) in [5, 5.41) is -0.292. The lowest BCUT2D eigenvalue weighted by molar-refractivity contribution is -0.758. The van der Waals surface area contributed by atoms with Gasteiger partial charge in [0.1, 0.15) is 18.2 Å². The van der Waals surface area contributed by atoms with Gasteiger partial charge in [0, 0.05) is 30.3 Å². The van der Waals surface area contributed by atoms with Gasteiger partial charge in [-0.1, -0.05) is 39.8 Å². The van der Waals surface area contributed by atoms with Gasteiger partial charge in [-0.15, -0.1) is 3.89 Å². The van der Waals surface area contributed by atoms with Crippen molar-refractivity contribution < 1.29 is 21.9 Å². The van der Waals surface area contributed by atoms with Crippen molar-refractivity contribution >= 4 is 33.5 Å². The number of rotatable bonds is 6. The van der Waals surface area contributed by atoms with Crippen molar-refractivity contribution in [2.75, 3.05) is 23.7 Å². The number of nitrogens with zero attached hydrogens (tertiary/aromatic N) is 4. The van der Waals surface area contributed by atoms with Gasteiger partial charge in [-0.3, -0.25) is 4.79 Å². The summed E-state index contributed by atoms with van der Waals surface area (Å²) in [6.45, 7) is 12.6. The normalized spacial score (nSPS) is 24.7. The fraction of sp³-hybridized carbons (Fsp3) is 0.517. The van der Waals surface area contributed by atoms with Gasteiger partial charge < -0.3 is 16.4 Å². The third-order valence-corrected chi connectivity index (χ3v) is 10.0. The quantitative estimate of drug-likeness (QED) is 0.392. The highest BCUT2D eigenvalue weighted by atomic mass is 32.2. The number of nitrogens with two attached hydrogens (primary N) is 2. The predicted octanol–water partition coefficient (Wildman–Crippen LogP) is 3.95. The van der Waals surface area contributed by atoms with E-state index >= 15 is 0 Å². The van der Waals surface area contributed by atoms with Gasteiger partial charge in [0.15, 0.2) is 6.04 Å². The minimum Gasteiger partial charge on any atom is -0.384 e. The molecule has 0 spiro atoms. The molecule has 4 N–H and O–H groups in total. The molecule has 11 heteroatoms. The second kappa shape index (κ2) is 10.3. The lowest BCUT2D eigenvalue weighted by atomic mass is 9.89. The molecule has 40 heavy (non-hydrogen) atoms. The van der Waals surface area contributed by atoms with Crippen molar-refractivity contribution in [3.63, 3.8) is 0 Å². The molecule has 2 aromatic heterocycles. The maximum atomic E-state index is 14.6. The van der Waals surface area contributed by atoms with E-state index in [1.165, 1.54) is 18.2 Å². The van der Waals surface area contributed by atoms with E-state index in [4.69, 9.17) is 11.5 Å². The average molecular weight is 570 g/mol. The van der Waals surface area contributed by atoms with Gasteiger partial charge >= 0.3 is 15.9 Å². The summed E-state index contributed by atoms with van der Waals surface area (Å²) in [5.74, 6) is -0.433. The zero-order valence-electron chi connectivity index (χ0n) is 24.2. The Labute approximate surface area is 237 Å². The number of anilines is 2. The second-order valence-electron chi connectivity index (χ2n) is 12.9. The number of carbonyl (C=O) groups excluding carboxylic acids is 2. The van der Waals surface area contributed by atoms with Crippen LogP contribution in [0, 0.1) is 11.3 Å². The number of hydrogen-bond acceptors (Lipinski definition) is 8. The molecule has 2 unspecified atom stereocenters. The minimum absolute atomic E-state index is 0.0145. The maximum Gasteiger partial charge on any atom is 0.352 e. The second-order valence-corrected chi connectivity index (χ2v) is 14.9. The van der Waals surface area contributed by atoms with E-state index in [0.717, 1.165) is 6.42 Å². The van der Waals surface area contributed by atoms with Gasteiger partial charge in [-0.2, -0.15) is 8.42 Å². The van der Waals surface area contributed by atoms with Gasteiger partial charge in [0.05, 0.1) is 12.0 Å². The highest BCUT2D eigenvalue weighted by molar-refractivity contribution is 7.86. The van der Waals surface area contributed by atoms with Crippen molar-refractivity contribution in [2.24, 2.45) is 17.1 Å². The van der Waals surface area contributed by atoms with Crippen LogP contribution < -0.4 is 16.4 Å². The summed E-state index contributed by atoms with van der Waals surface area (Å²) in [6.07, 6.45) is 6.33. The number of sulfonamides is 1. The Balaban J connectivity index is 2.02. The van der Waals surface area contributed by atoms with Crippen molar-refractivity contribution in [3.8, 4) is 0 Å². The van der Waals surface area contributed by atoms with E-state index in [9.17, 15) is 18.0 Å². The van der Waals surface area contributed by atoms with Gasteiger partial charge in [-0.05, 0) is 55.9 Å². The fourth-order valence-electron chi connectivity index (χ4n) is 6.24. The number of carbonyl (C=O) groups is 2. The van der Waals surface area contributed by atoms with Crippen LogP contribution >= 0.6 is 0 Å². The zero-order chi connectivity index (χ0) is 29.7. The molecule has 0 saturated carbocycles. The van der Waals surface area contributed by atoms with E-state index < -0.39 is 37.2 Å². The van der Waals surface area contributed by atoms with Crippen LogP contribution in [0.15, 0.2) is 47.6 Å². The molecular formula is C29H41N6O4S+. The van der Waals surface area contributed by atoms with E-state index in [1.54, 1.807) is 18.3 Å². The average Bonchev–Trinajstić information content (AvgIpc) is 3.13. The number of pyridine rings is 2. The molecule has 3 atom stereocenters. The topological polar surface area (TPSA) is 149 Å². The summed E-state index contributed by atoms with van der Waals surface area (Å²) >= 11 is 0. The van der Waals surface area contributed by atoms with Crippen LogP contribution in [-0.4, -0.2) is 52.7 Å². The number of nitrogen functional groups attached to an aromatic ring is 1. The Kier molecular flexibility index (Phi) is 7.61. The Bertz CT molecular complexity index is 1460. The number of quaternary nitrogens is 1. The van der Waals surface area contributed by atoms with Crippen LogP contribution in [0.1, 0.15) is 82.8 Å². The number of hydrogen-bond donors (Lipinski definition) is 2. The van der Waals surface area contributed by atoms with Crippen LogP contribution in [-0.2, 0) is 14.8 Å². The molecule has 2 aromatic rings. The first-order chi connectivity index (χ1) is 18.5. The van der Waals surface area contributed by atoms with Crippen molar-refractivity contribution in [1.29, 1.82) is 0 Å². The molecular weight excluding hydrogens is 528 g/mol. The lowest BCUT2D eigenvalue weighted by Crippen LogP contribution is -2.60. The molecule has 2 aliphatic heterocycles. The molecule has 0 bridgehead atoms. The first-order valence-corrected chi connectivity index (χ1v) is 15.1. The Hall–Kier alpha value is -3.31. The third kappa shape index (κ3) is 5.12. The monoisotopic (exact) mass is 569 g/mol.